The summed E-state index contributed by atoms with van der Waals surface area (Å²) < 4.78 is 6.86. The summed E-state index contributed by atoms with van der Waals surface area (Å²) in [5.74, 6) is -0.284. The quantitative estimate of drug-likeness (QED) is 0.671. The number of fused-ring (bicyclic) bond motifs is 1. The molecule has 8 nitrogen and oxygen atoms in total. The van der Waals surface area contributed by atoms with Crippen LogP contribution in [-0.2, 0) is 9.53 Å². The molecule has 2 aromatic heterocycles. The fourth-order valence-corrected chi connectivity index (χ4v) is 3.49. The summed E-state index contributed by atoms with van der Waals surface area (Å²) in [6.45, 7) is 5.53. The van der Waals surface area contributed by atoms with Gasteiger partial charge in [-0.1, -0.05) is 0 Å². The summed E-state index contributed by atoms with van der Waals surface area (Å²) in [4.78, 5) is 26.9. The van der Waals surface area contributed by atoms with Crippen molar-refractivity contribution in [1.29, 1.82) is 0 Å². The highest BCUT2D eigenvalue weighted by molar-refractivity contribution is 5.96. The molecule has 29 heavy (non-hydrogen) atoms. The molecule has 1 saturated heterocycles. The Hall–Kier alpha value is -3.42. The third kappa shape index (κ3) is 4.06. The van der Waals surface area contributed by atoms with E-state index < -0.39 is 5.97 Å². The molecule has 0 atom stereocenters. The molecule has 0 aliphatic carbocycles. The lowest BCUT2D eigenvalue weighted by Gasteiger charge is -2.19. The molecule has 1 amide bonds. The van der Waals surface area contributed by atoms with E-state index in [1.807, 2.05) is 19.1 Å². The number of carbonyl (C=O) groups is 2. The highest BCUT2D eigenvalue weighted by atomic mass is 16.5. The monoisotopic (exact) mass is 393 g/mol. The van der Waals surface area contributed by atoms with Gasteiger partial charge in [0.1, 0.15) is 5.82 Å². The molecule has 0 radical (unpaired) electrons. The van der Waals surface area contributed by atoms with Gasteiger partial charge in [-0.25, -0.2) is 4.79 Å². The number of rotatable bonds is 5. The van der Waals surface area contributed by atoms with Gasteiger partial charge >= 0.3 is 5.97 Å². The Kier molecular flexibility index (Phi) is 5.16. The van der Waals surface area contributed by atoms with Crippen LogP contribution in [0.15, 0.2) is 36.5 Å². The molecule has 1 aromatic carbocycles. The average Bonchev–Trinajstić information content (AvgIpc) is 3.38. The van der Waals surface area contributed by atoms with Crippen LogP contribution in [0.1, 0.15) is 34.6 Å². The lowest BCUT2D eigenvalue weighted by atomic mass is 10.1. The molecular formula is C21H23N5O3. The molecule has 1 aliphatic rings. The minimum absolute atomic E-state index is 0.333. The Morgan fingerprint density at radius 2 is 1.90 bits per heavy atom. The zero-order valence-electron chi connectivity index (χ0n) is 16.5. The van der Waals surface area contributed by atoms with Crippen LogP contribution in [0.5, 0.6) is 0 Å². The largest absolute Gasteiger partial charge is 0.452 e. The normalized spacial score (nSPS) is 13.7. The molecule has 8 heteroatoms. The van der Waals surface area contributed by atoms with E-state index in [2.05, 4.69) is 26.5 Å². The maximum atomic E-state index is 12.3. The van der Waals surface area contributed by atoms with E-state index in [9.17, 15) is 9.59 Å². The molecule has 1 N–H and O–H groups in total. The van der Waals surface area contributed by atoms with Crippen LogP contribution in [0.4, 0.5) is 11.4 Å². The summed E-state index contributed by atoms with van der Waals surface area (Å²) in [5, 5.41) is 10.7. The van der Waals surface area contributed by atoms with Crippen LogP contribution in [0.2, 0.25) is 0 Å². The minimum Gasteiger partial charge on any atom is -0.452 e. The van der Waals surface area contributed by atoms with E-state index in [-0.39, 0.29) is 12.5 Å². The number of aryl methyl sites for hydroxylation is 2. The van der Waals surface area contributed by atoms with E-state index in [0.717, 1.165) is 24.3 Å². The Bertz CT molecular complexity index is 1070. The van der Waals surface area contributed by atoms with Crippen LogP contribution in [0.25, 0.3) is 5.65 Å². The first-order valence-electron chi connectivity index (χ1n) is 9.65. The molecule has 1 aliphatic heterocycles. The number of nitrogens with one attached hydrogen (secondary N) is 1. The SMILES string of the molecule is Cc1cc(N2CCCC2)ccc1NC(=O)COC(=O)c1ccc2nnc(C)n2c1. The van der Waals surface area contributed by atoms with Gasteiger partial charge in [-0.3, -0.25) is 9.20 Å². The summed E-state index contributed by atoms with van der Waals surface area (Å²) in [6.07, 6.45) is 4.03. The summed E-state index contributed by atoms with van der Waals surface area (Å²) in [7, 11) is 0. The zero-order chi connectivity index (χ0) is 20.4. The van der Waals surface area contributed by atoms with Crippen molar-refractivity contribution in [3.05, 3.63) is 53.5 Å². The minimum atomic E-state index is -0.573. The highest BCUT2D eigenvalue weighted by Crippen LogP contribution is 2.25. The number of anilines is 2. The standard InChI is InChI=1S/C21H23N5O3/c1-14-11-17(25-9-3-4-10-25)6-7-18(14)22-20(27)13-29-21(28)16-5-8-19-24-23-15(2)26(19)12-16/h5-8,11-12H,3-4,9-10,13H2,1-2H3,(H,22,27). The second-order valence-corrected chi connectivity index (χ2v) is 7.21. The number of benzene rings is 1. The van der Waals surface area contributed by atoms with Crippen molar-refractivity contribution >= 4 is 28.9 Å². The summed E-state index contributed by atoms with van der Waals surface area (Å²) in [5.41, 5.74) is 3.84. The predicted molar refractivity (Wildman–Crippen MR) is 109 cm³/mol. The molecule has 0 bridgehead atoms. The Balaban J connectivity index is 1.35. The third-order valence-electron chi connectivity index (χ3n) is 5.10. The van der Waals surface area contributed by atoms with E-state index in [1.165, 1.54) is 18.5 Å². The molecule has 3 aromatic rings. The number of esters is 1. The van der Waals surface area contributed by atoms with Crippen LogP contribution in [0.3, 0.4) is 0 Å². The van der Waals surface area contributed by atoms with Crippen LogP contribution < -0.4 is 10.2 Å². The number of aromatic nitrogens is 3. The average molecular weight is 393 g/mol. The van der Waals surface area contributed by atoms with Crippen LogP contribution in [0, 0.1) is 13.8 Å². The first-order chi connectivity index (χ1) is 14.0. The molecule has 3 heterocycles. The lowest BCUT2D eigenvalue weighted by molar-refractivity contribution is -0.119. The van der Waals surface area contributed by atoms with Crippen molar-refractivity contribution < 1.29 is 14.3 Å². The van der Waals surface area contributed by atoms with Crippen molar-refractivity contribution in [3.8, 4) is 0 Å². The molecule has 150 valence electrons. The third-order valence-corrected chi connectivity index (χ3v) is 5.10. The molecule has 4 rings (SSSR count). The van der Waals surface area contributed by atoms with Crippen molar-refractivity contribution in [2.75, 3.05) is 29.9 Å². The van der Waals surface area contributed by atoms with Gasteiger partial charge in [-0.15, -0.1) is 10.2 Å². The molecule has 0 unspecified atom stereocenters. The highest BCUT2D eigenvalue weighted by Gasteiger charge is 2.15. The number of carbonyl (C=O) groups excluding carboxylic acids is 2. The maximum Gasteiger partial charge on any atom is 0.340 e. The number of nitrogens with zero attached hydrogens (tertiary/aromatic N) is 4. The molecule has 0 spiro atoms. The fourth-order valence-electron chi connectivity index (χ4n) is 3.49. The van der Waals surface area contributed by atoms with Gasteiger partial charge in [-0.2, -0.15) is 0 Å². The number of hydrogen-bond donors (Lipinski definition) is 1. The fraction of sp³-hybridized carbons (Fsp3) is 0.333. The summed E-state index contributed by atoms with van der Waals surface area (Å²) in [6, 6.07) is 9.26. The first kappa shape index (κ1) is 18.9. The van der Waals surface area contributed by atoms with Gasteiger partial charge in [0.25, 0.3) is 5.91 Å². The smallest absolute Gasteiger partial charge is 0.340 e. The van der Waals surface area contributed by atoms with E-state index in [0.29, 0.717) is 17.0 Å². The van der Waals surface area contributed by atoms with Crippen molar-refractivity contribution in [3.63, 3.8) is 0 Å². The number of hydrogen-bond acceptors (Lipinski definition) is 6. The van der Waals surface area contributed by atoms with Crippen LogP contribution in [-0.4, -0.2) is 46.2 Å². The number of amides is 1. The maximum absolute atomic E-state index is 12.3. The van der Waals surface area contributed by atoms with Gasteiger partial charge in [0, 0.05) is 30.7 Å². The molecular weight excluding hydrogens is 370 g/mol. The van der Waals surface area contributed by atoms with Crippen molar-refractivity contribution in [2.24, 2.45) is 0 Å². The van der Waals surface area contributed by atoms with Gasteiger partial charge in [-0.05, 0) is 62.6 Å². The number of pyridine rings is 1. The lowest BCUT2D eigenvalue weighted by Crippen LogP contribution is -2.22. The van der Waals surface area contributed by atoms with Crippen molar-refractivity contribution in [2.45, 2.75) is 26.7 Å². The van der Waals surface area contributed by atoms with E-state index in [1.54, 1.807) is 29.7 Å². The van der Waals surface area contributed by atoms with E-state index >= 15 is 0 Å². The predicted octanol–water partition coefficient (Wildman–Crippen LogP) is 2.74. The summed E-state index contributed by atoms with van der Waals surface area (Å²) >= 11 is 0. The molecule has 1 fully saturated rings. The topological polar surface area (TPSA) is 88.8 Å². The van der Waals surface area contributed by atoms with E-state index in [4.69, 9.17) is 4.74 Å². The van der Waals surface area contributed by atoms with Gasteiger partial charge in [0.05, 0.1) is 5.56 Å². The van der Waals surface area contributed by atoms with Crippen molar-refractivity contribution in [1.82, 2.24) is 14.6 Å². The second kappa shape index (κ2) is 7.90. The molecule has 0 saturated carbocycles. The Labute approximate surface area is 168 Å². The van der Waals surface area contributed by atoms with Gasteiger partial charge in [0.15, 0.2) is 12.3 Å². The number of ether oxygens (including phenoxy) is 1. The Morgan fingerprint density at radius 3 is 2.66 bits per heavy atom. The second-order valence-electron chi connectivity index (χ2n) is 7.21. The zero-order valence-corrected chi connectivity index (χ0v) is 16.5. The van der Waals surface area contributed by atoms with Gasteiger partial charge in [0.2, 0.25) is 0 Å². The first-order valence-corrected chi connectivity index (χ1v) is 9.65. The van der Waals surface area contributed by atoms with Gasteiger partial charge < -0.3 is 15.0 Å². The van der Waals surface area contributed by atoms with Crippen LogP contribution >= 0.6 is 0 Å². The Morgan fingerprint density at radius 1 is 1.10 bits per heavy atom.